The zero-order valence-corrected chi connectivity index (χ0v) is 34.0. The summed E-state index contributed by atoms with van der Waals surface area (Å²) in [5.74, 6) is 1.54. The predicted octanol–water partition coefficient (Wildman–Crippen LogP) is 15.3. The molecule has 2 aromatic heterocycles. The van der Waals surface area contributed by atoms with Gasteiger partial charge < -0.3 is 14.0 Å². The molecule has 11 aromatic rings. The van der Waals surface area contributed by atoms with Crippen LogP contribution in [0.4, 0.5) is 11.4 Å². The predicted molar refractivity (Wildman–Crippen MR) is 259 cm³/mol. The Labute approximate surface area is 355 Å². The molecule has 2 heterocycles. The summed E-state index contributed by atoms with van der Waals surface area (Å²) in [6, 6.07) is 74.5. The third-order valence-electron chi connectivity index (χ3n) is 13.0. The quantitative estimate of drug-likeness (QED) is 0.169. The van der Waals surface area contributed by atoms with E-state index in [0.29, 0.717) is 0 Å². The van der Waals surface area contributed by atoms with Gasteiger partial charge in [-0.1, -0.05) is 140 Å². The standard InChI is InChI=1S/C40H26N2.C18H17N/c1-2-12-31(13-3-1)41-37-16-8-6-14-33(37)35-25-29(19-22-39(35)41)30-20-23-40-36(26-30)34-15-7-9-17-38(34)42(40)32-21-18-27-10-4-5-11-28(27)24-32;1-19(15-7-3-2-4-8-15)17-9-5-6-13-10-11-14-12-16(14)18(13)17/h1-26H;2-11,14,16H,12H2,1H3. The molecule has 3 heteroatoms. The number of nitrogens with zero attached hydrogens (tertiary/aromatic N) is 3. The molecule has 1 fully saturated rings. The van der Waals surface area contributed by atoms with E-state index in [9.17, 15) is 0 Å². The molecule has 290 valence electrons. The van der Waals surface area contributed by atoms with Gasteiger partial charge in [0, 0.05) is 51.3 Å². The molecule has 0 aliphatic heterocycles. The maximum Gasteiger partial charge on any atom is 0.0541 e. The Hall–Kier alpha value is -7.62. The molecule has 0 bridgehead atoms. The van der Waals surface area contributed by atoms with Crippen LogP contribution in [-0.4, -0.2) is 16.2 Å². The van der Waals surface area contributed by atoms with Crippen LogP contribution < -0.4 is 4.90 Å². The van der Waals surface area contributed by atoms with Crippen molar-refractivity contribution in [2.75, 3.05) is 11.9 Å². The lowest BCUT2D eigenvalue weighted by Crippen LogP contribution is -2.12. The van der Waals surface area contributed by atoms with E-state index in [1.165, 1.54) is 100 Å². The number of para-hydroxylation sites is 4. The summed E-state index contributed by atoms with van der Waals surface area (Å²) in [6.45, 7) is 0. The summed E-state index contributed by atoms with van der Waals surface area (Å²) in [5, 5.41) is 7.58. The average molecular weight is 782 g/mol. The SMILES string of the molecule is CN(c1ccccc1)c1cccc2c1C1CC1C=C2.c1ccc(-n2c3ccccc3c3cc(-c4ccc5c(c4)c4ccccc4n5-c4ccc5ccccc5c4)ccc32)cc1. The van der Waals surface area contributed by atoms with Crippen LogP contribution in [-0.2, 0) is 0 Å². The van der Waals surface area contributed by atoms with E-state index in [1.807, 2.05) is 0 Å². The Balaban J connectivity index is 0.000000175. The Bertz CT molecular complexity index is 3480. The highest BCUT2D eigenvalue weighted by atomic mass is 15.1. The lowest BCUT2D eigenvalue weighted by molar-refractivity contribution is 0.984. The molecule has 0 spiro atoms. The second-order valence-corrected chi connectivity index (χ2v) is 16.6. The van der Waals surface area contributed by atoms with Gasteiger partial charge >= 0.3 is 0 Å². The first-order chi connectivity index (χ1) is 30.2. The Kier molecular flexibility index (Phi) is 8.28. The van der Waals surface area contributed by atoms with Gasteiger partial charge in [-0.2, -0.15) is 0 Å². The van der Waals surface area contributed by atoms with E-state index in [-0.39, 0.29) is 0 Å². The zero-order valence-electron chi connectivity index (χ0n) is 34.0. The van der Waals surface area contributed by atoms with Crippen molar-refractivity contribution in [3.8, 4) is 22.5 Å². The molecule has 61 heavy (non-hydrogen) atoms. The van der Waals surface area contributed by atoms with Crippen LogP contribution in [0.5, 0.6) is 0 Å². The molecular weight excluding hydrogens is 739 g/mol. The first-order valence-electron chi connectivity index (χ1n) is 21.4. The van der Waals surface area contributed by atoms with Crippen molar-refractivity contribution in [2.45, 2.75) is 12.3 Å². The van der Waals surface area contributed by atoms with E-state index >= 15 is 0 Å². The van der Waals surface area contributed by atoms with Gasteiger partial charge in [0.25, 0.3) is 0 Å². The van der Waals surface area contributed by atoms with Crippen LogP contribution in [0, 0.1) is 5.92 Å². The zero-order chi connectivity index (χ0) is 40.4. The fraction of sp³-hybridized carbons (Fsp3) is 0.0690. The monoisotopic (exact) mass is 781 g/mol. The Morgan fingerprint density at radius 1 is 0.443 bits per heavy atom. The van der Waals surface area contributed by atoms with Crippen LogP contribution in [0.3, 0.4) is 0 Å². The molecule has 0 N–H and O–H groups in total. The second-order valence-electron chi connectivity index (χ2n) is 16.6. The smallest absolute Gasteiger partial charge is 0.0541 e. The van der Waals surface area contributed by atoms with E-state index in [1.54, 1.807) is 5.56 Å². The van der Waals surface area contributed by atoms with E-state index in [0.717, 1.165) is 11.8 Å². The second kappa shape index (κ2) is 14.3. The molecule has 3 nitrogen and oxygen atoms in total. The first kappa shape index (κ1) is 35.3. The number of benzene rings is 9. The van der Waals surface area contributed by atoms with Crippen molar-refractivity contribution in [3.63, 3.8) is 0 Å². The van der Waals surface area contributed by atoms with Crippen LogP contribution in [0.1, 0.15) is 23.5 Å². The highest BCUT2D eigenvalue weighted by Gasteiger charge is 2.41. The van der Waals surface area contributed by atoms with Crippen molar-refractivity contribution in [1.29, 1.82) is 0 Å². The maximum atomic E-state index is 2.40. The van der Waals surface area contributed by atoms with Gasteiger partial charge in [0.05, 0.1) is 22.1 Å². The van der Waals surface area contributed by atoms with Gasteiger partial charge in [-0.25, -0.2) is 0 Å². The summed E-state index contributed by atoms with van der Waals surface area (Å²) >= 11 is 0. The van der Waals surface area contributed by atoms with Gasteiger partial charge in [-0.15, -0.1) is 0 Å². The summed E-state index contributed by atoms with van der Waals surface area (Å²) in [6.07, 6.45) is 5.99. The summed E-state index contributed by atoms with van der Waals surface area (Å²) in [4.78, 5) is 2.31. The van der Waals surface area contributed by atoms with Gasteiger partial charge in [0.2, 0.25) is 0 Å². The third kappa shape index (κ3) is 5.96. The van der Waals surface area contributed by atoms with E-state index < -0.39 is 0 Å². The number of rotatable bonds is 5. The molecule has 2 unspecified atom stereocenters. The number of allylic oxidation sites excluding steroid dienone is 1. The highest BCUT2D eigenvalue weighted by Crippen LogP contribution is 2.55. The molecule has 2 atom stereocenters. The van der Waals surface area contributed by atoms with Crippen molar-refractivity contribution in [3.05, 3.63) is 223 Å². The van der Waals surface area contributed by atoms with E-state index in [4.69, 9.17) is 0 Å². The fourth-order valence-electron chi connectivity index (χ4n) is 9.94. The molecule has 2 aliphatic rings. The summed E-state index contributed by atoms with van der Waals surface area (Å²) in [7, 11) is 2.17. The lowest BCUT2D eigenvalue weighted by Gasteiger charge is -2.25. The number of fused-ring (bicyclic) bond motifs is 10. The van der Waals surface area contributed by atoms with Crippen molar-refractivity contribution in [1.82, 2.24) is 9.13 Å². The highest BCUT2D eigenvalue weighted by molar-refractivity contribution is 6.13. The molecular formula is C58H43N3. The maximum absolute atomic E-state index is 2.40. The summed E-state index contributed by atoms with van der Waals surface area (Å²) in [5.41, 5.74) is 15.3. The van der Waals surface area contributed by atoms with Crippen LogP contribution in [0.2, 0.25) is 0 Å². The van der Waals surface area contributed by atoms with Gasteiger partial charge in [0.15, 0.2) is 0 Å². The summed E-state index contributed by atoms with van der Waals surface area (Å²) < 4.78 is 4.77. The van der Waals surface area contributed by atoms with Gasteiger partial charge in [-0.3, -0.25) is 0 Å². The topological polar surface area (TPSA) is 13.1 Å². The normalized spacial score (nSPS) is 15.2. The van der Waals surface area contributed by atoms with Gasteiger partial charge in [0.1, 0.15) is 0 Å². The minimum absolute atomic E-state index is 0.752. The minimum Gasteiger partial charge on any atom is -0.344 e. The average Bonchev–Trinajstić information content (AvgIpc) is 3.97. The number of hydrogen-bond acceptors (Lipinski definition) is 1. The van der Waals surface area contributed by atoms with Crippen molar-refractivity contribution >= 4 is 71.8 Å². The number of hydrogen-bond donors (Lipinski definition) is 0. The largest absolute Gasteiger partial charge is 0.344 e. The lowest BCUT2D eigenvalue weighted by atomic mass is 9.94. The fourth-order valence-corrected chi connectivity index (χ4v) is 9.94. The third-order valence-corrected chi connectivity index (χ3v) is 13.0. The first-order valence-corrected chi connectivity index (χ1v) is 21.4. The molecule has 0 radical (unpaired) electrons. The minimum atomic E-state index is 0.752. The van der Waals surface area contributed by atoms with Gasteiger partial charge in [-0.05, 0) is 130 Å². The van der Waals surface area contributed by atoms with Crippen LogP contribution >= 0.6 is 0 Å². The Morgan fingerprint density at radius 2 is 1.02 bits per heavy atom. The van der Waals surface area contributed by atoms with Crippen LogP contribution in [0.25, 0.3) is 83.0 Å². The molecule has 1 saturated carbocycles. The van der Waals surface area contributed by atoms with Crippen LogP contribution in [0.15, 0.2) is 212 Å². The Morgan fingerprint density at radius 3 is 1.70 bits per heavy atom. The van der Waals surface area contributed by atoms with E-state index in [2.05, 4.69) is 239 Å². The number of anilines is 2. The number of aromatic nitrogens is 2. The van der Waals surface area contributed by atoms with Crippen molar-refractivity contribution < 1.29 is 0 Å². The molecule has 13 rings (SSSR count). The molecule has 0 saturated heterocycles. The molecule has 0 amide bonds. The molecule has 9 aromatic carbocycles. The van der Waals surface area contributed by atoms with Crippen molar-refractivity contribution in [2.24, 2.45) is 5.92 Å². The molecule has 2 aliphatic carbocycles.